The number of hydrogen-bond acceptors (Lipinski definition) is 3. The lowest BCUT2D eigenvalue weighted by Crippen LogP contribution is -2.19. The number of hydrogen-bond donors (Lipinski definition) is 1. The summed E-state index contributed by atoms with van der Waals surface area (Å²) in [4.78, 5) is 4.25. The molecule has 0 saturated carbocycles. The van der Waals surface area contributed by atoms with Crippen molar-refractivity contribution in [1.82, 2.24) is 20.1 Å². The molecule has 0 saturated heterocycles. The molecule has 0 bridgehead atoms. The third-order valence-electron chi connectivity index (χ3n) is 2.75. The van der Waals surface area contributed by atoms with E-state index in [9.17, 15) is 4.39 Å². The molecule has 0 atom stereocenters. The first-order valence-electron chi connectivity index (χ1n) is 6.57. The van der Waals surface area contributed by atoms with Crippen molar-refractivity contribution in [2.45, 2.75) is 26.9 Å². The number of rotatable bonds is 6. The predicted octanol–water partition coefficient (Wildman–Crippen LogP) is 2.97. The zero-order valence-electron chi connectivity index (χ0n) is 11.6. The fraction of sp³-hybridized carbons (Fsp3) is 0.429. The van der Waals surface area contributed by atoms with Crippen LogP contribution >= 0.6 is 15.9 Å². The Hall–Kier alpha value is -1.27. The molecule has 1 aromatic heterocycles. The normalized spacial score (nSPS) is 11.2. The summed E-state index contributed by atoms with van der Waals surface area (Å²) in [7, 11) is 0. The van der Waals surface area contributed by atoms with Crippen molar-refractivity contribution in [1.29, 1.82) is 0 Å². The van der Waals surface area contributed by atoms with Crippen molar-refractivity contribution in [3.05, 3.63) is 46.2 Å². The number of nitrogens with zero attached hydrogens (tertiary/aromatic N) is 3. The summed E-state index contributed by atoms with van der Waals surface area (Å²) >= 11 is 3.18. The molecule has 4 nitrogen and oxygen atoms in total. The van der Waals surface area contributed by atoms with Crippen molar-refractivity contribution >= 4 is 15.9 Å². The molecule has 0 aliphatic rings. The second-order valence-electron chi connectivity index (χ2n) is 5.13. The summed E-state index contributed by atoms with van der Waals surface area (Å²) in [5, 5.41) is 7.69. The van der Waals surface area contributed by atoms with Crippen LogP contribution in [0, 0.1) is 11.7 Å². The van der Waals surface area contributed by atoms with Gasteiger partial charge in [-0.2, -0.15) is 5.10 Å². The lowest BCUT2D eigenvalue weighted by Gasteiger charge is -2.04. The Morgan fingerprint density at radius 2 is 2.20 bits per heavy atom. The lowest BCUT2D eigenvalue weighted by molar-refractivity contribution is 0.539. The Kier molecular flexibility index (Phi) is 5.25. The van der Waals surface area contributed by atoms with E-state index in [4.69, 9.17) is 0 Å². The summed E-state index contributed by atoms with van der Waals surface area (Å²) in [5.74, 6) is 1.12. The van der Waals surface area contributed by atoms with Gasteiger partial charge < -0.3 is 5.32 Å². The topological polar surface area (TPSA) is 42.7 Å². The molecule has 2 rings (SSSR count). The smallest absolute Gasteiger partial charge is 0.164 e. The maximum Gasteiger partial charge on any atom is 0.164 e. The van der Waals surface area contributed by atoms with Crippen molar-refractivity contribution in [2.24, 2.45) is 5.92 Å². The average Bonchev–Trinajstić information content (AvgIpc) is 2.81. The SMILES string of the molecule is CC(C)CNCc1ncn(Cc2ccc(F)c(Br)c2)n1. The second kappa shape index (κ2) is 6.95. The Bertz CT molecular complexity index is 568. The summed E-state index contributed by atoms with van der Waals surface area (Å²) < 4.78 is 15.4. The summed E-state index contributed by atoms with van der Waals surface area (Å²) in [6.45, 7) is 6.50. The van der Waals surface area contributed by atoms with Gasteiger partial charge in [-0.05, 0) is 46.1 Å². The predicted molar refractivity (Wildman–Crippen MR) is 79.8 cm³/mol. The maximum absolute atomic E-state index is 13.2. The van der Waals surface area contributed by atoms with E-state index in [-0.39, 0.29) is 5.82 Å². The molecule has 0 fully saturated rings. The molecule has 0 radical (unpaired) electrons. The molecule has 0 amide bonds. The minimum absolute atomic E-state index is 0.258. The fourth-order valence-electron chi connectivity index (χ4n) is 1.79. The van der Waals surface area contributed by atoms with E-state index in [1.807, 2.05) is 0 Å². The molecule has 1 heterocycles. The molecule has 0 aliphatic heterocycles. The van der Waals surface area contributed by atoms with Crippen LogP contribution in [0.5, 0.6) is 0 Å². The van der Waals surface area contributed by atoms with Crippen LogP contribution in [-0.4, -0.2) is 21.3 Å². The van der Waals surface area contributed by atoms with Gasteiger partial charge in [0.2, 0.25) is 0 Å². The minimum Gasteiger partial charge on any atom is -0.310 e. The number of halogens is 2. The van der Waals surface area contributed by atoms with Crippen LogP contribution in [0.3, 0.4) is 0 Å². The van der Waals surface area contributed by atoms with Crippen molar-refractivity contribution in [3.63, 3.8) is 0 Å². The molecule has 20 heavy (non-hydrogen) atoms. The van der Waals surface area contributed by atoms with Crippen LogP contribution in [0.1, 0.15) is 25.2 Å². The van der Waals surface area contributed by atoms with Crippen molar-refractivity contribution < 1.29 is 4.39 Å². The van der Waals surface area contributed by atoms with E-state index in [1.165, 1.54) is 6.07 Å². The molecule has 1 N–H and O–H groups in total. The van der Waals surface area contributed by atoms with Gasteiger partial charge in [0.05, 0.1) is 17.6 Å². The Morgan fingerprint density at radius 1 is 1.40 bits per heavy atom. The van der Waals surface area contributed by atoms with E-state index < -0.39 is 0 Å². The monoisotopic (exact) mass is 340 g/mol. The van der Waals surface area contributed by atoms with E-state index in [0.717, 1.165) is 17.9 Å². The van der Waals surface area contributed by atoms with Crippen LogP contribution in [0.4, 0.5) is 4.39 Å². The first kappa shape index (κ1) is 15.1. The largest absolute Gasteiger partial charge is 0.310 e. The van der Waals surface area contributed by atoms with E-state index in [2.05, 4.69) is 45.2 Å². The minimum atomic E-state index is -0.258. The lowest BCUT2D eigenvalue weighted by atomic mass is 10.2. The van der Waals surface area contributed by atoms with Crippen molar-refractivity contribution in [3.8, 4) is 0 Å². The van der Waals surface area contributed by atoms with Gasteiger partial charge in [-0.3, -0.25) is 0 Å². The molecule has 108 valence electrons. The number of aromatic nitrogens is 3. The van der Waals surface area contributed by atoms with Crippen LogP contribution < -0.4 is 5.32 Å². The Labute approximate surface area is 126 Å². The zero-order valence-corrected chi connectivity index (χ0v) is 13.2. The van der Waals surface area contributed by atoms with Gasteiger partial charge in [0.25, 0.3) is 0 Å². The van der Waals surface area contributed by atoms with Gasteiger partial charge in [0, 0.05) is 0 Å². The molecule has 0 aliphatic carbocycles. The third-order valence-corrected chi connectivity index (χ3v) is 3.36. The van der Waals surface area contributed by atoms with Crippen LogP contribution in [0.2, 0.25) is 0 Å². The number of nitrogens with one attached hydrogen (secondary N) is 1. The van der Waals surface area contributed by atoms with Gasteiger partial charge in [-0.15, -0.1) is 0 Å². The Morgan fingerprint density at radius 3 is 2.90 bits per heavy atom. The van der Waals surface area contributed by atoms with Gasteiger partial charge in [0.15, 0.2) is 5.82 Å². The van der Waals surface area contributed by atoms with E-state index in [1.54, 1.807) is 23.1 Å². The third kappa shape index (κ3) is 4.38. The zero-order chi connectivity index (χ0) is 14.5. The molecular formula is C14H18BrFN4. The maximum atomic E-state index is 13.2. The summed E-state index contributed by atoms with van der Waals surface area (Å²) in [5.41, 5.74) is 0.977. The second-order valence-corrected chi connectivity index (χ2v) is 5.99. The van der Waals surface area contributed by atoms with E-state index >= 15 is 0 Å². The highest BCUT2D eigenvalue weighted by Gasteiger charge is 2.04. The highest BCUT2D eigenvalue weighted by atomic mass is 79.9. The molecule has 2 aromatic rings. The van der Waals surface area contributed by atoms with Crippen LogP contribution in [0.25, 0.3) is 0 Å². The first-order valence-corrected chi connectivity index (χ1v) is 7.37. The van der Waals surface area contributed by atoms with Crippen molar-refractivity contribution in [2.75, 3.05) is 6.54 Å². The van der Waals surface area contributed by atoms with Gasteiger partial charge in [0.1, 0.15) is 12.1 Å². The Balaban J connectivity index is 1.93. The fourth-order valence-corrected chi connectivity index (χ4v) is 2.21. The van der Waals surface area contributed by atoms with Gasteiger partial charge in [-0.1, -0.05) is 19.9 Å². The first-order chi connectivity index (χ1) is 9.54. The molecular weight excluding hydrogens is 323 g/mol. The molecule has 0 unspecified atom stereocenters. The van der Waals surface area contributed by atoms with Crippen LogP contribution in [-0.2, 0) is 13.1 Å². The quantitative estimate of drug-likeness (QED) is 0.878. The van der Waals surface area contributed by atoms with E-state index in [0.29, 0.717) is 23.5 Å². The van der Waals surface area contributed by atoms with Crippen LogP contribution in [0.15, 0.2) is 29.0 Å². The number of benzene rings is 1. The molecule has 1 aromatic carbocycles. The standard InChI is InChI=1S/C14H18BrFN4/c1-10(2)6-17-7-14-18-9-20(19-14)8-11-3-4-13(16)12(15)5-11/h3-5,9-10,17H,6-8H2,1-2H3. The summed E-state index contributed by atoms with van der Waals surface area (Å²) in [6, 6.07) is 4.95. The molecule has 0 spiro atoms. The van der Waals surface area contributed by atoms with Gasteiger partial charge >= 0.3 is 0 Å². The highest BCUT2D eigenvalue weighted by Crippen LogP contribution is 2.17. The highest BCUT2D eigenvalue weighted by molar-refractivity contribution is 9.10. The van der Waals surface area contributed by atoms with Gasteiger partial charge in [-0.25, -0.2) is 14.1 Å². The molecule has 6 heteroatoms. The summed E-state index contributed by atoms with van der Waals surface area (Å²) in [6.07, 6.45) is 1.70. The average molecular weight is 341 g/mol.